The molecule has 0 bridgehead atoms. The molecule has 1 aromatic carbocycles. The Hall–Kier alpha value is -1.81. The second-order valence-corrected chi connectivity index (χ2v) is 10.5. The highest BCUT2D eigenvalue weighted by molar-refractivity contribution is 6.08. The van der Waals surface area contributed by atoms with Gasteiger partial charge in [-0.1, -0.05) is 38.5 Å². The molecule has 3 rings (SSSR count). The van der Waals surface area contributed by atoms with Crippen LogP contribution >= 0.6 is 0 Å². The van der Waals surface area contributed by atoms with Crippen LogP contribution in [0.1, 0.15) is 91.7 Å². The number of H-pyrrole nitrogens is 1. The highest BCUT2D eigenvalue weighted by atomic mass is 16.2. The minimum atomic E-state index is -0.367. The normalized spacial score (nSPS) is 21.4. The van der Waals surface area contributed by atoms with Crippen LogP contribution < -0.4 is 5.32 Å². The lowest BCUT2D eigenvalue weighted by Gasteiger charge is -2.67. The molecule has 1 aliphatic heterocycles. The molecule has 1 amide bonds. The number of piperazine rings is 1. The fourth-order valence-corrected chi connectivity index (χ4v) is 4.52. The number of para-hydroxylation sites is 1. The van der Waals surface area contributed by atoms with Gasteiger partial charge in [-0.25, -0.2) is 0 Å². The third kappa shape index (κ3) is 3.61. The van der Waals surface area contributed by atoms with Crippen LogP contribution in [0.5, 0.6) is 0 Å². The van der Waals surface area contributed by atoms with Crippen molar-refractivity contribution in [1.82, 2.24) is 15.2 Å². The van der Waals surface area contributed by atoms with Crippen molar-refractivity contribution in [2.45, 2.75) is 105 Å². The summed E-state index contributed by atoms with van der Waals surface area (Å²) in [5.74, 6) is 0.0950. The molecule has 29 heavy (non-hydrogen) atoms. The molecule has 2 N–H and O–H groups in total. The standard InChI is InChI=1S/C22H33N3O.C3H8/c1-14-17(15-12-10-11-13-16(15)23-14)18(26)25-21(6,7)19(2,3)24-20(4,5)22(25,8)9;1-3-2/h10-13,23-24H,1-9H3;3H2,1-2H3. The summed E-state index contributed by atoms with van der Waals surface area (Å²) < 4.78 is 0. The lowest BCUT2D eigenvalue weighted by Crippen LogP contribution is -2.84. The van der Waals surface area contributed by atoms with Gasteiger partial charge in [0, 0.05) is 27.7 Å². The summed E-state index contributed by atoms with van der Waals surface area (Å²) in [6.45, 7) is 23.7. The van der Waals surface area contributed by atoms with Crippen LogP contribution in [0.2, 0.25) is 0 Å². The van der Waals surface area contributed by atoms with Crippen molar-refractivity contribution in [2.75, 3.05) is 0 Å². The van der Waals surface area contributed by atoms with Gasteiger partial charge < -0.3 is 15.2 Å². The number of benzene rings is 1. The van der Waals surface area contributed by atoms with Crippen LogP contribution in [0.15, 0.2) is 24.3 Å². The first-order chi connectivity index (χ1) is 13.2. The van der Waals surface area contributed by atoms with Gasteiger partial charge in [0.05, 0.1) is 16.6 Å². The average Bonchev–Trinajstić information content (AvgIpc) is 2.88. The Kier molecular flexibility index (Phi) is 6.04. The number of carbonyl (C=O) groups is 1. The predicted octanol–water partition coefficient (Wildman–Crippen LogP) is 6.05. The van der Waals surface area contributed by atoms with Crippen molar-refractivity contribution in [3.8, 4) is 0 Å². The number of hydrogen-bond donors (Lipinski definition) is 2. The van der Waals surface area contributed by atoms with E-state index in [4.69, 9.17) is 0 Å². The molecular formula is C25H41N3O. The zero-order valence-corrected chi connectivity index (χ0v) is 20.4. The lowest BCUT2D eigenvalue weighted by atomic mass is 9.66. The van der Waals surface area contributed by atoms with E-state index in [9.17, 15) is 4.79 Å². The maximum absolute atomic E-state index is 14.0. The third-order valence-electron chi connectivity index (χ3n) is 7.11. The Labute approximate surface area is 177 Å². The van der Waals surface area contributed by atoms with Crippen molar-refractivity contribution in [2.24, 2.45) is 0 Å². The summed E-state index contributed by atoms with van der Waals surface area (Å²) >= 11 is 0. The summed E-state index contributed by atoms with van der Waals surface area (Å²) in [7, 11) is 0. The van der Waals surface area contributed by atoms with E-state index in [1.54, 1.807) is 0 Å². The zero-order chi connectivity index (χ0) is 22.4. The quantitative estimate of drug-likeness (QED) is 0.613. The summed E-state index contributed by atoms with van der Waals surface area (Å²) in [5, 5.41) is 4.79. The van der Waals surface area contributed by atoms with E-state index >= 15 is 0 Å². The molecule has 0 unspecified atom stereocenters. The minimum Gasteiger partial charge on any atom is -0.358 e. The fraction of sp³-hybridized carbons (Fsp3) is 0.640. The number of aromatic nitrogens is 1. The van der Waals surface area contributed by atoms with Gasteiger partial charge in [0.25, 0.3) is 5.91 Å². The Morgan fingerprint density at radius 3 is 1.83 bits per heavy atom. The molecule has 162 valence electrons. The number of fused-ring (bicyclic) bond motifs is 1. The molecule has 1 aromatic heterocycles. The van der Waals surface area contributed by atoms with Gasteiger partial charge in [-0.15, -0.1) is 0 Å². The van der Waals surface area contributed by atoms with Crippen LogP contribution in [0, 0.1) is 6.92 Å². The molecule has 0 radical (unpaired) electrons. The molecule has 1 aliphatic rings. The van der Waals surface area contributed by atoms with Gasteiger partial charge in [0.2, 0.25) is 0 Å². The first-order valence-electron chi connectivity index (χ1n) is 10.9. The minimum absolute atomic E-state index is 0.0950. The second kappa shape index (κ2) is 7.46. The summed E-state index contributed by atoms with van der Waals surface area (Å²) in [5.41, 5.74) is 1.52. The van der Waals surface area contributed by atoms with Gasteiger partial charge >= 0.3 is 0 Å². The van der Waals surface area contributed by atoms with Crippen LogP contribution in [-0.2, 0) is 0 Å². The van der Waals surface area contributed by atoms with E-state index in [0.29, 0.717) is 0 Å². The van der Waals surface area contributed by atoms with Gasteiger partial charge in [-0.2, -0.15) is 0 Å². The molecule has 1 saturated heterocycles. The van der Waals surface area contributed by atoms with Crippen molar-refractivity contribution in [1.29, 1.82) is 0 Å². The predicted molar refractivity (Wildman–Crippen MR) is 125 cm³/mol. The zero-order valence-electron chi connectivity index (χ0n) is 20.4. The Morgan fingerprint density at radius 1 is 0.897 bits per heavy atom. The number of amides is 1. The largest absolute Gasteiger partial charge is 0.358 e. The van der Waals surface area contributed by atoms with Crippen molar-refractivity contribution in [3.05, 3.63) is 35.5 Å². The molecule has 0 atom stereocenters. The van der Waals surface area contributed by atoms with Crippen LogP contribution in [0.4, 0.5) is 0 Å². The number of aryl methyl sites for hydroxylation is 1. The fourth-order valence-electron chi connectivity index (χ4n) is 4.52. The number of carbonyl (C=O) groups excluding carboxylic acids is 1. The van der Waals surface area contributed by atoms with Crippen molar-refractivity contribution in [3.63, 3.8) is 0 Å². The monoisotopic (exact) mass is 399 g/mol. The van der Waals surface area contributed by atoms with E-state index in [2.05, 4.69) is 84.4 Å². The van der Waals surface area contributed by atoms with E-state index in [-0.39, 0.29) is 28.1 Å². The molecule has 2 aromatic rings. The van der Waals surface area contributed by atoms with E-state index in [1.165, 1.54) is 6.42 Å². The first-order valence-corrected chi connectivity index (χ1v) is 10.9. The number of rotatable bonds is 1. The second-order valence-electron chi connectivity index (χ2n) is 10.5. The molecule has 1 fully saturated rings. The molecule has 4 nitrogen and oxygen atoms in total. The third-order valence-corrected chi connectivity index (χ3v) is 7.11. The van der Waals surface area contributed by atoms with Gasteiger partial charge in [-0.3, -0.25) is 4.79 Å². The maximum Gasteiger partial charge on any atom is 0.257 e. The SMILES string of the molecule is CCC.Cc1[nH]c2ccccc2c1C(=O)N1C(C)(C)C(C)(C)NC(C)(C)C1(C)C. The molecule has 0 saturated carbocycles. The van der Waals surface area contributed by atoms with Crippen molar-refractivity contribution >= 4 is 16.8 Å². The van der Waals surface area contributed by atoms with Crippen LogP contribution in [0.25, 0.3) is 10.9 Å². The van der Waals surface area contributed by atoms with Crippen LogP contribution in [0.3, 0.4) is 0 Å². The number of hydrogen-bond acceptors (Lipinski definition) is 2. The molecule has 0 spiro atoms. The number of aromatic amines is 1. The summed E-state index contributed by atoms with van der Waals surface area (Å²) in [6.07, 6.45) is 1.25. The Morgan fingerprint density at radius 2 is 1.34 bits per heavy atom. The number of nitrogens with one attached hydrogen (secondary N) is 2. The van der Waals surface area contributed by atoms with Gasteiger partial charge in [0.15, 0.2) is 0 Å². The summed E-state index contributed by atoms with van der Waals surface area (Å²) in [6, 6.07) is 8.05. The van der Waals surface area contributed by atoms with Crippen molar-refractivity contribution < 1.29 is 4.79 Å². The molecule has 4 heteroatoms. The van der Waals surface area contributed by atoms with Gasteiger partial charge in [0.1, 0.15) is 0 Å². The highest BCUT2D eigenvalue weighted by Crippen LogP contribution is 2.46. The Balaban J connectivity index is 0.000000941. The van der Waals surface area contributed by atoms with E-state index in [0.717, 1.165) is 22.2 Å². The number of nitrogens with zero attached hydrogens (tertiary/aromatic N) is 1. The van der Waals surface area contributed by atoms with Crippen LogP contribution in [-0.4, -0.2) is 37.9 Å². The smallest absolute Gasteiger partial charge is 0.257 e. The van der Waals surface area contributed by atoms with Gasteiger partial charge in [-0.05, 0) is 68.4 Å². The highest BCUT2D eigenvalue weighted by Gasteiger charge is 2.60. The molecule has 0 aliphatic carbocycles. The summed E-state index contributed by atoms with van der Waals surface area (Å²) in [4.78, 5) is 19.5. The molecule has 2 heterocycles. The lowest BCUT2D eigenvalue weighted by molar-refractivity contribution is -0.101. The van der Waals surface area contributed by atoms with E-state index < -0.39 is 0 Å². The topological polar surface area (TPSA) is 48.1 Å². The van der Waals surface area contributed by atoms with E-state index in [1.807, 2.05) is 31.2 Å². The average molecular weight is 400 g/mol. The Bertz CT molecular complexity index is 861. The molecular weight excluding hydrogens is 358 g/mol. The maximum atomic E-state index is 14.0. The first kappa shape index (κ1) is 23.5.